The Morgan fingerprint density at radius 3 is 2.19 bits per heavy atom. The quantitative estimate of drug-likeness (QED) is 0.632. The first-order chi connectivity index (χ1) is 7.34. The van der Waals surface area contributed by atoms with E-state index in [-0.39, 0.29) is 0 Å². The fourth-order valence-electron chi connectivity index (χ4n) is 1.50. The predicted octanol–water partition coefficient (Wildman–Crippen LogP) is 2.88. The number of rotatable bonds is 3. The van der Waals surface area contributed by atoms with Crippen molar-refractivity contribution in [1.29, 1.82) is 0 Å². The zero-order valence-corrected chi connectivity index (χ0v) is 9.03. The summed E-state index contributed by atoms with van der Waals surface area (Å²) in [6, 6.07) is 1.58. The molecular formula is C11H13F4N. The first-order valence-electron chi connectivity index (χ1n) is 4.87. The highest BCUT2D eigenvalue weighted by Crippen LogP contribution is 2.35. The Morgan fingerprint density at radius 2 is 1.75 bits per heavy atom. The molecule has 1 aromatic rings. The summed E-state index contributed by atoms with van der Waals surface area (Å²) in [5.41, 5.74) is 2.51. The van der Waals surface area contributed by atoms with Crippen LogP contribution in [0.15, 0.2) is 12.1 Å². The Labute approximate surface area is 91.3 Å². The van der Waals surface area contributed by atoms with E-state index in [1.807, 2.05) is 0 Å². The molecule has 1 atom stereocenters. The summed E-state index contributed by atoms with van der Waals surface area (Å²) < 4.78 is 53.3. The highest BCUT2D eigenvalue weighted by Gasteiger charge is 2.38. The van der Waals surface area contributed by atoms with Crippen molar-refractivity contribution in [2.24, 2.45) is 11.7 Å². The molecule has 0 saturated heterocycles. The molecule has 1 nitrogen and oxygen atoms in total. The molecule has 0 saturated carbocycles. The molecule has 0 bridgehead atoms. The number of hydrogen-bond acceptors (Lipinski definition) is 1. The molecule has 0 aliphatic rings. The minimum Gasteiger partial charge on any atom is -0.327 e. The molecule has 0 radical (unpaired) electrons. The van der Waals surface area contributed by atoms with Crippen molar-refractivity contribution in [3.63, 3.8) is 0 Å². The third-order valence-corrected chi connectivity index (χ3v) is 2.70. The third kappa shape index (κ3) is 1.91. The molecule has 1 rings (SSSR count). The van der Waals surface area contributed by atoms with Gasteiger partial charge in [0, 0.05) is 12.1 Å². The highest BCUT2D eigenvalue weighted by molar-refractivity contribution is 5.27. The van der Waals surface area contributed by atoms with Crippen LogP contribution in [-0.4, -0.2) is 6.54 Å². The van der Waals surface area contributed by atoms with Gasteiger partial charge in [-0.3, -0.25) is 0 Å². The second kappa shape index (κ2) is 4.41. The summed E-state index contributed by atoms with van der Waals surface area (Å²) in [4.78, 5) is 0. The van der Waals surface area contributed by atoms with Gasteiger partial charge in [0.15, 0.2) is 23.1 Å². The molecule has 0 aliphatic heterocycles. The van der Waals surface area contributed by atoms with Gasteiger partial charge in [-0.2, -0.15) is 0 Å². The van der Waals surface area contributed by atoms with E-state index in [1.165, 1.54) is 13.8 Å². The summed E-state index contributed by atoms with van der Waals surface area (Å²) in [5, 5.41) is 0. The summed E-state index contributed by atoms with van der Waals surface area (Å²) in [6.07, 6.45) is 0. The third-order valence-electron chi connectivity index (χ3n) is 2.70. The van der Waals surface area contributed by atoms with E-state index in [4.69, 9.17) is 5.73 Å². The topological polar surface area (TPSA) is 26.0 Å². The molecule has 5 heteroatoms. The van der Waals surface area contributed by atoms with Crippen molar-refractivity contribution in [2.75, 3.05) is 6.54 Å². The number of alkyl halides is 1. The van der Waals surface area contributed by atoms with Crippen LogP contribution in [0.1, 0.15) is 19.4 Å². The number of hydrogen-bond donors (Lipinski definition) is 1. The molecular weight excluding hydrogens is 222 g/mol. The maximum absolute atomic E-state index is 14.3. The zero-order chi connectivity index (χ0) is 12.5. The SMILES string of the molecule is CC(C)C(F)(CN)c1ccc(F)c(F)c1F. The summed E-state index contributed by atoms with van der Waals surface area (Å²) in [5.74, 6) is -5.17. The Morgan fingerprint density at radius 1 is 1.19 bits per heavy atom. The number of nitrogens with two attached hydrogens (primary N) is 1. The Balaban J connectivity index is 3.38. The summed E-state index contributed by atoms with van der Waals surface area (Å²) in [6.45, 7) is 2.49. The van der Waals surface area contributed by atoms with Crippen molar-refractivity contribution in [3.05, 3.63) is 35.1 Å². The summed E-state index contributed by atoms with van der Waals surface area (Å²) >= 11 is 0. The fourth-order valence-corrected chi connectivity index (χ4v) is 1.50. The van der Waals surface area contributed by atoms with Gasteiger partial charge in [0.1, 0.15) is 0 Å². The first-order valence-corrected chi connectivity index (χ1v) is 4.87. The smallest absolute Gasteiger partial charge is 0.194 e. The van der Waals surface area contributed by atoms with Gasteiger partial charge in [0.2, 0.25) is 0 Å². The van der Waals surface area contributed by atoms with Crippen LogP contribution in [0, 0.1) is 23.4 Å². The first kappa shape index (κ1) is 13.0. The fraction of sp³-hybridized carbons (Fsp3) is 0.455. The molecule has 1 aromatic carbocycles. The van der Waals surface area contributed by atoms with Crippen LogP contribution in [0.4, 0.5) is 17.6 Å². The molecule has 90 valence electrons. The molecule has 0 aromatic heterocycles. The normalized spacial score (nSPS) is 15.2. The van der Waals surface area contributed by atoms with Crippen molar-refractivity contribution >= 4 is 0 Å². The standard InChI is InChI=1S/C11H13F4N/c1-6(2)11(15,5-16)7-3-4-8(12)10(14)9(7)13/h3-4,6H,5,16H2,1-2H3. The minimum atomic E-state index is -2.20. The van der Waals surface area contributed by atoms with Gasteiger partial charge in [0.25, 0.3) is 0 Å². The molecule has 0 fully saturated rings. The van der Waals surface area contributed by atoms with Gasteiger partial charge >= 0.3 is 0 Å². The maximum Gasteiger partial charge on any atom is 0.194 e. The van der Waals surface area contributed by atoms with E-state index in [9.17, 15) is 17.6 Å². The number of benzene rings is 1. The molecule has 0 heterocycles. The Kier molecular flexibility index (Phi) is 3.57. The highest BCUT2D eigenvalue weighted by atomic mass is 19.2. The van der Waals surface area contributed by atoms with Crippen LogP contribution in [0.5, 0.6) is 0 Å². The van der Waals surface area contributed by atoms with Gasteiger partial charge < -0.3 is 5.73 Å². The van der Waals surface area contributed by atoms with E-state index in [0.717, 1.165) is 6.07 Å². The van der Waals surface area contributed by atoms with E-state index in [0.29, 0.717) is 6.07 Å². The second-order valence-corrected chi connectivity index (χ2v) is 3.94. The molecule has 0 amide bonds. The molecule has 16 heavy (non-hydrogen) atoms. The molecule has 2 N–H and O–H groups in total. The molecule has 0 spiro atoms. The minimum absolute atomic E-state index is 0.493. The average molecular weight is 235 g/mol. The van der Waals surface area contributed by atoms with Crippen LogP contribution in [0.2, 0.25) is 0 Å². The lowest BCUT2D eigenvalue weighted by Gasteiger charge is -2.28. The largest absolute Gasteiger partial charge is 0.327 e. The van der Waals surface area contributed by atoms with Crippen molar-refractivity contribution in [3.8, 4) is 0 Å². The van der Waals surface area contributed by atoms with E-state index in [1.54, 1.807) is 0 Å². The van der Waals surface area contributed by atoms with Gasteiger partial charge in [-0.15, -0.1) is 0 Å². The van der Waals surface area contributed by atoms with E-state index in [2.05, 4.69) is 0 Å². The Bertz CT molecular complexity index is 392. The predicted molar refractivity (Wildman–Crippen MR) is 53.0 cm³/mol. The Hall–Kier alpha value is -1.10. The van der Waals surface area contributed by atoms with Crippen molar-refractivity contribution < 1.29 is 17.6 Å². The van der Waals surface area contributed by atoms with Gasteiger partial charge in [0.05, 0.1) is 0 Å². The van der Waals surface area contributed by atoms with Crippen LogP contribution in [0.25, 0.3) is 0 Å². The lowest BCUT2D eigenvalue weighted by molar-refractivity contribution is 0.103. The second-order valence-electron chi connectivity index (χ2n) is 3.94. The summed E-state index contributed by atoms with van der Waals surface area (Å²) in [7, 11) is 0. The van der Waals surface area contributed by atoms with Crippen molar-refractivity contribution in [1.82, 2.24) is 0 Å². The molecule has 0 aliphatic carbocycles. The van der Waals surface area contributed by atoms with Crippen LogP contribution in [-0.2, 0) is 5.67 Å². The van der Waals surface area contributed by atoms with E-state index >= 15 is 0 Å². The van der Waals surface area contributed by atoms with Crippen molar-refractivity contribution in [2.45, 2.75) is 19.5 Å². The van der Waals surface area contributed by atoms with Gasteiger partial charge in [-0.05, 0) is 18.1 Å². The average Bonchev–Trinajstić information content (AvgIpc) is 2.25. The monoisotopic (exact) mass is 235 g/mol. The maximum atomic E-state index is 14.3. The van der Waals surface area contributed by atoms with Crippen LogP contribution < -0.4 is 5.73 Å². The van der Waals surface area contributed by atoms with Gasteiger partial charge in [-0.25, -0.2) is 17.6 Å². The van der Waals surface area contributed by atoms with Crippen LogP contribution >= 0.6 is 0 Å². The van der Waals surface area contributed by atoms with Crippen LogP contribution in [0.3, 0.4) is 0 Å². The lowest BCUT2D eigenvalue weighted by atomic mass is 9.85. The number of halogens is 4. The van der Waals surface area contributed by atoms with E-state index < -0.39 is 41.1 Å². The lowest BCUT2D eigenvalue weighted by Crippen LogP contribution is -2.36. The van der Waals surface area contributed by atoms with Gasteiger partial charge in [-0.1, -0.05) is 13.8 Å². The molecule has 1 unspecified atom stereocenters. The zero-order valence-electron chi connectivity index (χ0n) is 9.03.